The molecule has 0 aliphatic heterocycles. The second-order valence-corrected chi connectivity index (χ2v) is 5.43. The molecule has 0 saturated carbocycles. The van der Waals surface area contributed by atoms with Crippen molar-refractivity contribution in [2.24, 2.45) is 0 Å². The largest absolute Gasteiger partial charge is 0.306 e. The van der Waals surface area contributed by atoms with Crippen LogP contribution in [0.5, 0.6) is 0 Å². The van der Waals surface area contributed by atoms with Crippen LogP contribution >= 0.6 is 0 Å². The molecule has 106 valence electrons. The lowest BCUT2D eigenvalue weighted by molar-refractivity contribution is 0.591. The Morgan fingerprint density at radius 1 is 1.10 bits per heavy atom. The van der Waals surface area contributed by atoms with Gasteiger partial charge in [0.2, 0.25) is 0 Å². The maximum atomic E-state index is 4.44. The maximum Gasteiger partial charge on any atom is 0.0597 e. The van der Waals surface area contributed by atoms with Crippen molar-refractivity contribution >= 4 is 0 Å². The summed E-state index contributed by atoms with van der Waals surface area (Å²) in [6, 6.07) is 11.1. The molecule has 0 spiro atoms. The molecule has 1 heterocycles. The molecule has 0 aliphatic carbocycles. The highest BCUT2D eigenvalue weighted by atomic mass is 14.9. The van der Waals surface area contributed by atoms with Crippen LogP contribution in [0.15, 0.2) is 36.5 Å². The van der Waals surface area contributed by atoms with Gasteiger partial charge in [-0.15, -0.1) is 0 Å². The van der Waals surface area contributed by atoms with Crippen molar-refractivity contribution in [3.05, 3.63) is 64.5 Å². The summed E-state index contributed by atoms with van der Waals surface area (Å²) >= 11 is 0. The normalized spacial score (nSPS) is 12.4. The first-order chi connectivity index (χ1) is 9.63. The molecule has 1 unspecified atom stereocenters. The fourth-order valence-electron chi connectivity index (χ4n) is 2.63. The zero-order chi connectivity index (χ0) is 14.5. The first-order valence-electron chi connectivity index (χ1n) is 7.35. The first-order valence-corrected chi connectivity index (χ1v) is 7.35. The van der Waals surface area contributed by atoms with Crippen LogP contribution in [0.2, 0.25) is 0 Å². The monoisotopic (exact) mass is 268 g/mol. The molecule has 1 aromatic heterocycles. The summed E-state index contributed by atoms with van der Waals surface area (Å²) in [5.41, 5.74) is 6.36. The summed E-state index contributed by atoms with van der Waals surface area (Å²) in [6.07, 6.45) is 2.98. The van der Waals surface area contributed by atoms with Gasteiger partial charge >= 0.3 is 0 Å². The van der Waals surface area contributed by atoms with E-state index in [0.717, 1.165) is 18.7 Å². The van der Waals surface area contributed by atoms with Gasteiger partial charge in [-0.2, -0.15) is 0 Å². The number of nitrogens with zero attached hydrogens (tertiary/aromatic N) is 1. The Bertz CT molecular complexity index is 575. The average Bonchev–Trinajstić information content (AvgIpc) is 2.42. The number of nitrogens with one attached hydrogen (secondary N) is 1. The third-order valence-electron chi connectivity index (χ3n) is 3.69. The number of aryl methyl sites for hydroxylation is 3. The molecular formula is C18H24N2. The summed E-state index contributed by atoms with van der Waals surface area (Å²) in [4.78, 5) is 4.44. The minimum absolute atomic E-state index is 0.226. The van der Waals surface area contributed by atoms with Gasteiger partial charge in [-0.25, -0.2) is 0 Å². The number of hydrogen-bond acceptors (Lipinski definition) is 2. The Morgan fingerprint density at radius 3 is 2.55 bits per heavy atom. The highest BCUT2D eigenvalue weighted by molar-refractivity contribution is 5.40. The van der Waals surface area contributed by atoms with Crippen molar-refractivity contribution in [1.29, 1.82) is 0 Å². The number of rotatable bonds is 5. The third-order valence-corrected chi connectivity index (χ3v) is 3.69. The summed E-state index contributed by atoms with van der Waals surface area (Å²) in [6.45, 7) is 9.61. The predicted molar refractivity (Wildman–Crippen MR) is 85.0 cm³/mol. The van der Waals surface area contributed by atoms with Crippen molar-refractivity contribution in [2.75, 3.05) is 6.54 Å². The van der Waals surface area contributed by atoms with Crippen LogP contribution in [-0.2, 0) is 0 Å². The summed E-state index contributed by atoms with van der Waals surface area (Å²) in [5, 5.41) is 3.66. The van der Waals surface area contributed by atoms with Crippen molar-refractivity contribution in [2.45, 2.75) is 40.2 Å². The Kier molecular flexibility index (Phi) is 4.91. The molecule has 0 aliphatic rings. The molecule has 0 radical (unpaired) electrons. The van der Waals surface area contributed by atoms with Gasteiger partial charge in [0.1, 0.15) is 0 Å². The lowest BCUT2D eigenvalue weighted by atomic mass is 9.93. The number of pyridine rings is 1. The number of benzene rings is 1. The van der Waals surface area contributed by atoms with E-state index in [2.05, 4.69) is 62.3 Å². The number of hydrogen-bond donors (Lipinski definition) is 1. The molecule has 1 N–H and O–H groups in total. The minimum Gasteiger partial charge on any atom is -0.306 e. The van der Waals surface area contributed by atoms with Gasteiger partial charge in [-0.05, 0) is 56.5 Å². The Labute approximate surface area is 122 Å². The first kappa shape index (κ1) is 14.7. The zero-order valence-electron chi connectivity index (χ0n) is 12.9. The van der Waals surface area contributed by atoms with Gasteiger partial charge in [-0.3, -0.25) is 4.98 Å². The van der Waals surface area contributed by atoms with Crippen LogP contribution in [0, 0.1) is 20.8 Å². The van der Waals surface area contributed by atoms with Crippen molar-refractivity contribution in [3.63, 3.8) is 0 Å². The van der Waals surface area contributed by atoms with Gasteiger partial charge in [0.05, 0.1) is 6.04 Å². The Hall–Kier alpha value is -1.67. The molecule has 2 heteroatoms. The topological polar surface area (TPSA) is 24.9 Å². The summed E-state index contributed by atoms with van der Waals surface area (Å²) < 4.78 is 0. The van der Waals surface area contributed by atoms with E-state index >= 15 is 0 Å². The highest BCUT2D eigenvalue weighted by Gasteiger charge is 2.17. The molecule has 0 amide bonds. The zero-order valence-corrected chi connectivity index (χ0v) is 12.9. The van der Waals surface area contributed by atoms with E-state index < -0.39 is 0 Å². The van der Waals surface area contributed by atoms with Crippen LogP contribution in [0.4, 0.5) is 0 Å². The third kappa shape index (κ3) is 3.26. The summed E-state index contributed by atoms with van der Waals surface area (Å²) in [7, 11) is 0. The quantitative estimate of drug-likeness (QED) is 0.883. The molecule has 1 aromatic carbocycles. The fourth-order valence-corrected chi connectivity index (χ4v) is 2.63. The highest BCUT2D eigenvalue weighted by Crippen LogP contribution is 2.27. The van der Waals surface area contributed by atoms with E-state index in [4.69, 9.17) is 0 Å². The molecule has 0 fully saturated rings. The molecule has 2 rings (SSSR count). The number of aromatic nitrogens is 1. The second kappa shape index (κ2) is 6.67. The summed E-state index contributed by atoms with van der Waals surface area (Å²) in [5.74, 6) is 0. The lowest BCUT2D eigenvalue weighted by Crippen LogP contribution is -2.25. The van der Waals surface area contributed by atoms with Crippen LogP contribution in [0.25, 0.3) is 0 Å². The lowest BCUT2D eigenvalue weighted by Gasteiger charge is -2.23. The molecule has 0 bridgehead atoms. The standard InChI is InChI=1S/C18H24N2/c1-5-10-20-18(17-7-6-11-19-15(17)4)16-9-8-13(2)12-14(16)3/h6-9,11-12,18,20H,5,10H2,1-4H3. The van der Waals surface area contributed by atoms with E-state index in [0.29, 0.717) is 0 Å². The SMILES string of the molecule is CCCNC(c1ccc(C)cc1C)c1cccnc1C. The van der Waals surface area contributed by atoms with Crippen molar-refractivity contribution < 1.29 is 0 Å². The minimum atomic E-state index is 0.226. The van der Waals surface area contributed by atoms with E-state index in [9.17, 15) is 0 Å². The Morgan fingerprint density at radius 2 is 1.90 bits per heavy atom. The van der Waals surface area contributed by atoms with Crippen molar-refractivity contribution in [1.82, 2.24) is 10.3 Å². The molecular weight excluding hydrogens is 244 g/mol. The van der Waals surface area contributed by atoms with E-state index in [1.54, 1.807) is 0 Å². The molecule has 0 saturated heterocycles. The van der Waals surface area contributed by atoms with Crippen LogP contribution in [0.1, 0.15) is 47.3 Å². The molecule has 2 nitrogen and oxygen atoms in total. The van der Waals surface area contributed by atoms with E-state index in [-0.39, 0.29) is 6.04 Å². The second-order valence-electron chi connectivity index (χ2n) is 5.43. The fraction of sp³-hybridized carbons (Fsp3) is 0.389. The maximum absolute atomic E-state index is 4.44. The Balaban J connectivity index is 2.44. The molecule has 1 atom stereocenters. The molecule has 2 aromatic rings. The van der Waals surface area contributed by atoms with Gasteiger partial charge in [-0.1, -0.05) is 36.8 Å². The van der Waals surface area contributed by atoms with Gasteiger partial charge in [0.25, 0.3) is 0 Å². The van der Waals surface area contributed by atoms with Gasteiger partial charge in [0, 0.05) is 11.9 Å². The van der Waals surface area contributed by atoms with E-state index in [1.165, 1.54) is 22.3 Å². The van der Waals surface area contributed by atoms with Gasteiger partial charge in [0.15, 0.2) is 0 Å². The van der Waals surface area contributed by atoms with Crippen molar-refractivity contribution in [3.8, 4) is 0 Å². The van der Waals surface area contributed by atoms with E-state index in [1.807, 2.05) is 12.3 Å². The van der Waals surface area contributed by atoms with Gasteiger partial charge < -0.3 is 5.32 Å². The van der Waals surface area contributed by atoms with Crippen LogP contribution in [-0.4, -0.2) is 11.5 Å². The average molecular weight is 268 g/mol. The smallest absolute Gasteiger partial charge is 0.0597 e. The molecule has 20 heavy (non-hydrogen) atoms. The van der Waals surface area contributed by atoms with Crippen LogP contribution < -0.4 is 5.32 Å². The predicted octanol–water partition coefficient (Wildman–Crippen LogP) is 4.10. The van der Waals surface area contributed by atoms with Crippen LogP contribution in [0.3, 0.4) is 0 Å².